The van der Waals surface area contributed by atoms with Gasteiger partial charge in [-0.3, -0.25) is 0 Å². The van der Waals surface area contributed by atoms with Crippen molar-refractivity contribution >= 4 is 17.0 Å². The Labute approximate surface area is 112 Å². The second kappa shape index (κ2) is 4.41. The van der Waals surface area contributed by atoms with Crippen LogP contribution in [0.15, 0.2) is 24.8 Å². The number of hydrogen-bond donors (Lipinski definition) is 2. The van der Waals surface area contributed by atoms with Gasteiger partial charge in [0.05, 0.1) is 16.6 Å². The Morgan fingerprint density at radius 1 is 1.50 bits per heavy atom. The molecule has 102 valence electrons. The molecule has 0 aliphatic rings. The van der Waals surface area contributed by atoms with Crippen LogP contribution in [0.1, 0.15) is 29.1 Å². The maximum absolute atomic E-state index is 13.6. The van der Waals surface area contributed by atoms with Gasteiger partial charge in [0.2, 0.25) is 0 Å². The summed E-state index contributed by atoms with van der Waals surface area (Å²) in [6, 6.07) is 2.12. The van der Waals surface area contributed by atoms with Crippen LogP contribution in [0.2, 0.25) is 0 Å². The second-order valence-electron chi connectivity index (χ2n) is 4.33. The first kappa shape index (κ1) is 12.3. The molecule has 1 aromatic carbocycles. The number of imidazole rings is 1. The summed E-state index contributed by atoms with van der Waals surface area (Å²) in [6.45, 7) is 1.85. The van der Waals surface area contributed by atoms with Crippen molar-refractivity contribution < 1.29 is 14.3 Å². The Morgan fingerprint density at radius 3 is 2.95 bits per heavy atom. The molecule has 1 atom stereocenters. The number of rotatable bonds is 3. The van der Waals surface area contributed by atoms with Crippen molar-refractivity contribution in [1.82, 2.24) is 24.7 Å². The molecule has 0 amide bonds. The first-order chi connectivity index (χ1) is 9.56. The predicted molar refractivity (Wildman–Crippen MR) is 66.8 cm³/mol. The zero-order valence-electron chi connectivity index (χ0n) is 10.4. The van der Waals surface area contributed by atoms with Crippen LogP contribution in [0, 0.1) is 5.82 Å². The number of aromatic carboxylic acids is 1. The van der Waals surface area contributed by atoms with Crippen LogP contribution in [0.5, 0.6) is 0 Å². The minimum absolute atomic E-state index is 0.221. The minimum atomic E-state index is -1.32. The van der Waals surface area contributed by atoms with E-state index in [4.69, 9.17) is 5.11 Å². The van der Waals surface area contributed by atoms with E-state index >= 15 is 0 Å². The van der Waals surface area contributed by atoms with E-state index in [0.717, 1.165) is 6.07 Å². The standard InChI is InChI=1S/C12H10FN5O2/c1-6(18-5-14-4-15-18)11-16-9-2-7(12(19)20)8(13)3-10(9)17-11/h2-6H,1H3,(H,16,17)(H,19,20). The zero-order valence-corrected chi connectivity index (χ0v) is 10.4. The Balaban J connectivity index is 2.09. The maximum Gasteiger partial charge on any atom is 0.338 e. The summed E-state index contributed by atoms with van der Waals surface area (Å²) in [6.07, 6.45) is 2.95. The molecule has 20 heavy (non-hydrogen) atoms. The molecule has 0 bridgehead atoms. The van der Waals surface area contributed by atoms with Crippen molar-refractivity contribution in [3.8, 4) is 0 Å². The Bertz CT molecular complexity index is 781. The number of carbonyl (C=O) groups is 1. The van der Waals surface area contributed by atoms with Crippen molar-refractivity contribution in [1.29, 1.82) is 0 Å². The normalized spacial score (nSPS) is 12.7. The Morgan fingerprint density at radius 2 is 2.30 bits per heavy atom. The van der Waals surface area contributed by atoms with Crippen LogP contribution in [0.25, 0.3) is 11.0 Å². The van der Waals surface area contributed by atoms with Gasteiger partial charge in [0.15, 0.2) is 0 Å². The van der Waals surface area contributed by atoms with Gasteiger partial charge in [0, 0.05) is 6.07 Å². The molecule has 0 aliphatic heterocycles. The summed E-state index contributed by atoms with van der Waals surface area (Å²) >= 11 is 0. The van der Waals surface area contributed by atoms with E-state index < -0.39 is 17.3 Å². The highest BCUT2D eigenvalue weighted by Gasteiger charge is 2.17. The van der Waals surface area contributed by atoms with Crippen molar-refractivity contribution in [3.63, 3.8) is 0 Å². The van der Waals surface area contributed by atoms with Crippen LogP contribution < -0.4 is 0 Å². The van der Waals surface area contributed by atoms with Crippen molar-refractivity contribution in [2.75, 3.05) is 0 Å². The first-order valence-corrected chi connectivity index (χ1v) is 5.83. The van der Waals surface area contributed by atoms with E-state index in [9.17, 15) is 9.18 Å². The summed E-state index contributed by atoms with van der Waals surface area (Å²) in [5.41, 5.74) is 0.434. The van der Waals surface area contributed by atoms with Crippen LogP contribution in [-0.2, 0) is 0 Å². The molecule has 0 radical (unpaired) electrons. The summed E-state index contributed by atoms with van der Waals surface area (Å²) < 4.78 is 15.2. The molecule has 8 heteroatoms. The number of carboxylic acid groups (broad SMARTS) is 1. The van der Waals surface area contributed by atoms with Crippen LogP contribution in [0.3, 0.4) is 0 Å². The van der Waals surface area contributed by atoms with Crippen molar-refractivity contribution in [2.24, 2.45) is 0 Å². The van der Waals surface area contributed by atoms with Gasteiger partial charge in [-0.2, -0.15) is 5.10 Å². The van der Waals surface area contributed by atoms with Gasteiger partial charge in [0.25, 0.3) is 0 Å². The number of aromatic nitrogens is 5. The number of halogens is 1. The zero-order chi connectivity index (χ0) is 14.3. The average Bonchev–Trinajstić information content (AvgIpc) is 3.05. The number of H-pyrrole nitrogens is 1. The number of nitrogens with zero attached hydrogens (tertiary/aromatic N) is 4. The third-order valence-electron chi connectivity index (χ3n) is 3.05. The largest absolute Gasteiger partial charge is 0.478 e. The Kier molecular flexibility index (Phi) is 2.70. The summed E-state index contributed by atoms with van der Waals surface area (Å²) in [5.74, 6) is -1.57. The van der Waals surface area contributed by atoms with Crippen LogP contribution in [0.4, 0.5) is 4.39 Å². The monoisotopic (exact) mass is 275 g/mol. The second-order valence-corrected chi connectivity index (χ2v) is 4.33. The molecule has 0 saturated carbocycles. The quantitative estimate of drug-likeness (QED) is 0.756. The van der Waals surface area contributed by atoms with E-state index in [1.807, 2.05) is 6.92 Å². The highest BCUT2D eigenvalue weighted by Crippen LogP contribution is 2.21. The molecule has 7 nitrogen and oxygen atoms in total. The highest BCUT2D eigenvalue weighted by molar-refractivity contribution is 5.92. The maximum atomic E-state index is 13.6. The lowest BCUT2D eigenvalue weighted by molar-refractivity contribution is 0.0692. The Hall–Kier alpha value is -2.77. The fourth-order valence-corrected chi connectivity index (χ4v) is 1.95. The van der Waals surface area contributed by atoms with Gasteiger partial charge in [-0.25, -0.2) is 23.8 Å². The van der Waals surface area contributed by atoms with Gasteiger partial charge in [0.1, 0.15) is 30.3 Å². The fraction of sp³-hybridized carbons (Fsp3) is 0.167. The number of benzene rings is 1. The van der Waals surface area contributed by atoms with Crippen molar-refractivity contribution in [2.45, 2.75) is 13.0 Å². The molecule has 2 aromatic heterocycles. The van der Waals surface area contributed by atoms with E-state index in [1.165, 1.54) is 12.4 Å². The number of fused-ring (bicyclic) bond motifs is 1. The smallest absolute Gasteiger partial charge is 0.338 e. The molecular formula is C12H10FN5O2. The molecule has 0 saturated heterocycles. The van der Waals surface area contributed by atoms with Gasteiger partial charge in [-0.05, 0) is 13.0 Å². The molecule has 0 spiro atoms. The van der Waals surface area contributed by atoms with Gasteiger partial charge >= 0.3 is 5.97 Å². The minimum Gasteiger partial charge on any atom is -0.478 e. The number of hydrogen-bond acceptors (Lipinski definition) is 4. The SMILES string of the molecule is CC(c1nc2cc(C(=O)O)c(F)cc2[nH]1)n1cncn1. The van der Waals surface area contributed by atoms with Gasteiger partial charge in [-0.1, -0.05) is 0 Å². The number of aromatic amines is 1. The fourth-order valence-electron chi connectivity index (χ4n) is 1.95. The molecule has 2 heterocycles. The first-order valence-electron chi connectivity index (χ1n) is 5.83. The lowest BCUT2D eigenvalue weighted by Crippen LogP contribution is -2.08. The number of nitrogens with one attached hydrogen (secondary N) is 1. The lowest BCUT2D eigenvalue weighted by atomic mass is 10.2. The topological polar surface area (TPSA) is 96.7 Å². The molecule has 0 aliphatic carbocycles. The van der Waals surface area contributed by atoms with E-state index in [0.29, 0.717) is 16.9 Å². The average molecular weight is 275 g/mol. The third kappa shape index (κ3) is 1.91. The van der Waals surface area contributed by atoms with Crippen LogP contribution >= 0.6 is 0 Å². The van der Waals surface area contributed by atoms with Crippen LogP contribution in [-0.4, -0.2) is 35.8 Å². The molecule has 3 rings (SSSR count). The molecule has 0 fully saturated rings. The van der Waals surface area contributed by atoms with Gasteiger partial charge < -0.3 is 10.1 Å². The highest BCUT2D eigenvalue weighted by atomic mass is 19.1. The third-order valence-corrected chi connectivity index (χ3v) is 3.05. The molecule has 3 aromatic rings. The van der Waals surface area contributed by atoms with E-state index in [2.05, 4.69) is 20.1 Å². The van der Waals surface area contributed by atoms with Crippen molar-refractivity contribution in [3.05, 3.63) is 42.0 Å². The number of carboxylic acids is 1. The molecular weight excluding hydrogens is 265 g/mol. The summed E-state index contributed by atoms with van der Waals surface area (Å²) in [5, 5.41) is 12.9. The molecule has 1 unspecified atom stereocenters. The van der Waals surface area contributed by atoms with E-state index in [-0.39, 0.29) is 6.04 Å². The predicted octanol–water partition coefficient (Wildman–Crippen LogP) is 1.60. The van der Waals surface area contributed by atoms with E-state index in [1.54, 1.807) is 11.0 Å². The summed E-state index contributed by atoms with van der Waals surface area (Å²) in [4.78, 5) is 22.0. The molecule has 2 N–H and O–H groups in total. The van der Waals surface area contributed by atoms with Gasteiger partial charge in [-0.15, -0.1) is 0 Å². The summed E-state index contributed by atoms with van der Waals surface area (Å²) in [7, 11) is 0. The lowest BCUT2D eigenvalue weighted by Gasteiger charge is -2.06.